The van der Waals surface area contributed by atoms with Crippen molar-refractivity contribution in [2.75, 3.05) is 25.0 Å². The summed E-state index contributed by atoms with van der Waals surface area (Å²) in [6.45, 7) is 2.94. The van der Waals surface area contributed by atoms with Crippen LogP contribution in [0.15, 0.2) is 10.9 Å². The van der Waals surface area contributed by atoms with Crippen LogP contribution < -0.4 is 16.3 Å². The zero-order chi connectivity index (χ0) is 11.0. The molecule has 0 amide bonds. The number of rotatable bonds is 1. The van der Waals surface area contributed by atoms with Crippen LogP contribution in [-0.4, -0.2) is 29.6 Å². The molecular weight excluding hydrogens is 204 g/mol. The van der Waals surface area contributed by atoms with Crippen molar-refractivity contribution in [3.8, 4) is 0 Å². The summed E-state index contributed by atoms with van der Waals surface area (Å²) in [5, 5.41) is 6.53. The van der Waals surface area contributed by atoms with E-state index in [9.17, 15) is 4.79 Å². The van der Waals surface area contributed by atoms with E-state index < -0.39 is 0 Å². The molecule has 1 aromatic heterocycles. The topological polar surface area (TPSA) is 72.7 Å². The van der Waals surface area contributed by atoms with Crippen LogP contribution in [0.5, 0.6) is 0 Å². The van der Waals surface area contributed by atoms with Crippen LogP contribution in [0.3, 0.4) is 0 Å². The summed E-state index contributed by atoms with van der Waals surface area (Å²) < 4.78 is 0. The predicted octanol–water partition coefficient (Wildman–Crippen LogP) is 0.511. The van der Waals surface area contributed by atoms with Gasteiger partial charge in [0.1, 0.15) is 5.82 Å². The smallest absolute Gasteiger partial charge is 0.324 e. The summed E-state index contributed by atoms with van der Waals surface area (Å²) in [6, 6.07) is 0. The molecule has 0 bridgehead atoms. The van der Waals surface area contributed by atoms with Crippen molar-refractivity contribution >= 4 is 11.4 Å². The molecule has 2 aliphatic rings. The summed E-state index contributed by atoms with van der Waals surface area (Å²) in [4.78, 5) is 17.0. The second kappa shape index (κ2) is 3.83. The zero-order valence-corrected chi connectivity index (χ0v) is 9.10. The Balaban J connectivity index is 1.94. The molecule has 1 aromatic rings. The van der Waals surface area contributed by atoms with Crippen molar-refractivity contribution in [3.05, 3.63) is 22.3 Å². The first kappa shape index (κ1) is 9.72. The molecule has 0 unspecified atom stereocenters. The van der Waals surface area contributed by atoms with Gasteiger partial charge in [-0.15, -0.1) is 0 Å². The van der Waals surface area contributed by atoms with Crippen LogP contribution in [0.4, 0.5) is 5.82 Å². The molecule has 0 atom stereocenters. The molecule has 3 heterocycles. The highest BCUT2D eigenvalue weighted by atomic mass is 16.1. The SMILES string of the molecule is O=c1[nH]c2c([nH]1)C(C1CCNCC1)=CCN2. The Hall–Kier alpha value is -1.49. The van der Waals surface area contributed by atoms with E-state index in [1.807, 2.05) is 0 Å². The van der Waals surface area contributed by atoms with E-state index in [0.717, 1.165) is 44.0 Å². The highest BCUT2D eigenvalue weighted by molar-refractivity contribution is 5.75. The summed E-state index contributed by atoms with van der Waals surface area (Å²) in [6.07, 6.45) is 4.50. The van der Waals surface area contributed by atoms with Gasteiger partial charge in [-0.3, -0.25) is 4.98 Å². The second-order valence-corrected chi connectivity index (χ2v) is 4.39. The third-order valence-corrected chi connectivity index (χ3v) is 3.40. The van der Waals surface area contributed by atoms with E-state index in [4.69, 9.17) is 0 Å². The monoisotopic (exact) mass is 220 g/mol. The minimum Gasteiger partial charge on any atom is -0.366 e. The molecule has 16 heavy (non-hydrogen) atoms. The molecule has 3 rings (SSSR count). The Kier molecular flexibility index (Phi) is 2.32. The minimum absolute atomic E-state index is 0.126. The number of anilines is 1. The first-order valence-electron chi connectivity index (χ1n) is 5.82. The lowest BCUT2D eigenvalue weighted by molar-refractivity contribution is 0.445. The number of aromatic amines is 2. The fraction of sp³-hybridized carbons (Fsp3) is 0.545. The van der Waals surface area contributed by atoms with Gasteiger partial charge in [-0.05, 0) is 37.4 Å². The zero-order valence-electron chi connectivity index (χ0n) is 9.10. The molecule has 1 saturated heterocycles. The number of hydrogen-bond donors (Lipinski definition) is 4. The number of aromatic nitrogens is 2. The molecule has 5 heteroatoms. The first-order valence-corrected chi connectivity index (χ1v) is 5.82. The highest BCUT2D eigenvalue weighted by Gasteiger charge is 2.24. The number of nitrogens with one attached hydrogen (secondary N) is 4. The van der Waals surface area contributed by atoms with Gasteiger partial charge in [0.2, 0.25) is 0 Å². The number of hydrogen-bond acceptors (Lipinski definition) is 3. The lowest BCUT2D eigenvalue weighted by atomic mass is 9.87. The molecule has 5 nitrogen and oxygen atoms in total. The fourth-order valence-corrected chi connectivity index (χ4v) is 2.60. The standard InChI is InChI=1S/C11H16N4O/c16-11-14-9-8(3-6-13-10(9)15-11)7-1-4-12-5-2-7/h3,7,12-13H,1-2,4-6H2,(H2,14,15,16). The Morgan fingerprint density at radius 1 is 1.19 bits per heavy atom. The van der Waals surface area contributed by atoms with Gasteiger partial charge in [-0.2, -0.15) is 0 Å². The molecule has 86 valence electrons. The molecule has 0 saturated carbocycles. The van der Waals surface area contributed by atoms with E-state index in [2.05, 4.69) is 26.7 Å². The molecule has 2 aliphatic heterocycles. The molecule has 1 fully saturated rings. The van der Waals surface area contributed by atoms with Crippen LogP contribution >= 0.6 is 0 Å². The number of imidazole rings is 1. The van der Waals surface area contributed by atoms with Gasteiger partial charge in [0.05, 0.1) is 5.69 Å². The number of allylic oxidation sites excluding steroid dienone is 1. The summed E-state index contributed by atoms with van der Waals surface area (Å²) in [5.41, 5.74) is 2.14. The maximum absolute atomic E-state index is 11.3. The average molecular weight is 220 g/mol. The molecular formula is C11H16N4O. The minimum atomic E-state index is -0.126. The van der Waals surface area contributed by atoms with Crippen LogP contribution in [0.25, 0.3) is 5.57 Å². The first-order chi connectivity index (χ1) is 7.84. The Labute approximate surface area is 93.3 Å². The van der Waals surface area contributed by atoms with Crippen molar-refractivity contribution in [1.29, 1.82) is 0 Å². The number of fused-ring (bicyclic) bond motifs is 1. The fourth-order valence-electron chi connectivity index (χ4n) is 2.60. The predicted molar refractivity (Wildman–Crippen MR) is 63.5 cm³/mol. The largest absolute Gasteiger partial charge is 0.366 e. The lowest BCUT2D eigenvalue weighted by Gasteiger charge is -2.27. The quantitative estimate of drug-likeness (QED) is 0.557. The van der Waals surface area contributed by atoms with Crippen molar-refractivity contribution in [2.45, 2.75) is 12.8 Å². The third-order valence-electron chi connectivity index (χ3n) is 3.40. The van der Waals surface area contributed by atoms with Gasteiger partial charge < -0.3 is 15.6 Å². The average Bonchev–Trinajstić information content (AvgIpc) is 2.70. The Morgan fingerprint density at radius 3 is 2.81 bits per heavy atom. The van der Waals surface area contributed by atoms with E-state index >= 15 is 0 Å². The molecule has 0 aliphatic carbocycles. The summed E-state index contributed by atoms with van der Waals surface area (Å²) in [7, 11) is 0. The van der Waals surface area contributed by atoms with Gasteiger partial charge in [0.15, 0.2) is 0 Å². The summed E-state index contributed by atoms with van der Waals surface area (Å²) >= 11 is 0. The van der Waals surface area contributed by atoms with E-state index in [1.54, 1.807) is 0 Å². The van der Waals surface area contributed by atoms with Gasteiger partial charge in [-0.1, -0.05) is 6.08 Å². The van der Waals surface area contributed by atoms with Crippen molar-refractivity contribution in [3.63, 3.8) is 0 Å². The molecule has 0 aromatic carbocycles. The van der Waals surface area contributed by atoms with Crippen LogP contribution in [0.2, 0.25) is 0 Å². The third kappa shape index (κ3) is 1.57. The van der Waals surface area contributed by atoms with E-state index in [1.165, 1.54) is 5.57 Å². The van der Waals surface area contributed by atoms with Crippen molar-refractivity contribution < 1.29 is 0 Å². The molecule has 0 spiro atoms. The van der Waals surface area contributed by atoms with E-state index in [-0.39, 0.29) is 5.69 Å². The van der Waals surface area contributed by atoms with Gasteiger partial charge in [0.25, 0.3) is 0 Å². The molecule has 0 radical (unpaired) electrons. The normalized spacial score (nSPS) is 21.1. The van der Waals surface area contributed by atoms with E-state index in [0.29, 0.717) is 5.92 Å². The van der Waals surface area contributed by atoms with Crippen molar-refractivity contribution in [1.82, 2.24) is 15.3 Å². The highest BCUT2D eigenvalue weighted by Crippen LogP contribution is 2.33. The van der Waals surface area contributed by atoms with Crippen molar-refractivity contribution in [2.24, 2.45) is 5.92 Å². The summed E-state index contributed by atoms with van der Waals surface area (Å²) in [5.74, 6) is 1.43. The van der Waals surface area contributed by atoms with Crippen LogP contribution in [0, 0.1) is 5.92 Å². The Morgan fingerprint density at radius 2 is 2.00 bits per heavy atom. The van der Waals surface area contributed by atoms with Crippen LogP contribution in [-0.2, 0) is 0 Å². The van der Waals surface area contributed by atoms with Crippen LogP contribution in [0.1, 0.15) is 18.5 Å². The van der Waals surface area contributed by atoms with Gasteiger partial charge >= 0.3 is 5.69 Å². The van der Waals surface area contributed by atoms with Gasteiger partial charge in [0, 0.05) is 6.54 Å². The second-order valence-electron chi connectivity index (χ2n) is 4.39. The maximum Gasteiger partial charge on any atom is 0.324 e. The number of H-pyrrole nitrogens is 2. The maximum atomic E-state index is 11.3. The molecule has 4 N–H and O–H groups in total. The number of piperidine rings is 1. The van der Waals surface area contributed by atoms with Gasteiger partial charge in [-0.25, -0.2) is 4.79 Å². The Bertz CT molecular complexity index is 465. The lowest BCUT2D eigenvalue weighted by Crippen LogP contribution is -2.29.